The van der Waals surface area contributed by atoms with Gasteiger partial charge in [-0.3, -0.25) is 4.79 Å². The number of hydrogen-bond acceptors (Lipinski definition) is 3. The first kappa shape index (κ1) is 19.9. The van der Waals surface area contributed by atoms with E-state index in [4.69, 9.17) is 21.4 Å². The number of nitrogens with zero attached hydrogens (tertiary/aromatic N) is 2. The number of carbonyl (C=O) groups excluding carboxylic acids is 1. The van der Waals surface area contributed by atoms with Crippen molar-refractivity contribution in [1.82, 2.24) is 15.1 Å². The molecule has 1 fully saturated rings. The first-order valence-corrected chi connectivity index (χ1v) is 10.1. The molecule has 0 bridgehead atoms. The summed E-state index contributed by atoms with van der Waals surface area (Å²) in [6.45, 7) is 9.57. The van der Waals surface area contributed by atoms with E-state index in [2.05, 4.69) is 33.0 Å². The number of aromatic nitrogens is 2. The van der Waals surface area contributed by atoms with Gasteiger partial charge in [0.15, 0.2) is 0 Å². The highest BCUT2D eigenvalue weighted by atomic mass is 35.5. The Morgan fingerprint density at radius 3 is 2.63 bits per heavy atom. The van der Waals surface area contributed by atoms with Crippen LogP contribution in [0.1, 0.15) is 74.1 Å². The fourth-order valence-electron chi connectivity index (χ4n) is 3.53. The van der Waals surface area contributed by atoms with E-state index >= 15 is 0 Å². The number of para-hydroxylation sites is 1. The average Bonchev–Trinajstić information content (AvgIpc) is 3.27. The first-order chi connectivity index (χ1) is 12.9. The zero-order valence-corrected chi connectivity index (χ0v) is 17.2. The van der Waals surface area contributed by atoms with Gasteiger partial charge >= 0.3 is 0 Å². The molecule has 0 unspecified atom stereocenters. The van der Waals surface area contributed by atoms with Crippen molar-refractivity contribution in [3.8, 4) is 5.69 Å². The Kier molecular flexibility index (Phi) is 6.22. The number of benzene rings is 1. The molecule has 6 heteroatoms. The second-order valence-corrected chi connectivity index (χ2v) is 8.07. The number of amides is 1. The molecule has 1 atom stereocenters. The summed E-state index contributed by atoms with van der Waals surface area (Å²) in [6, 6.07) is 7.59. The Bertz CT molecular complexity index is 808. The summed E-state index contributed by atoms with van der Waals surface area (Å²) in [5.41, 5.74) is 3.14. The smallest absolute Gasteiger partial charge is 0.255 e. The van der Waals surface area contributed by atoms with Crippen molar-refractivity contribution >= 4 is 17.5 Å². The molecule has 0 spiro atoms. The van der Waals surface area contributed by atoms with Crippen LogP contribution in [-0.2, 0) is 4.74 Å². The molecule has 1 saturated heterocycles. The van der Waals surface area contributed by atoms with Gasteiger partial charge in [-0.05, 0) is 36.8 Å². The highest BCUT2D eigenvalue weighted by Crippen LogP contribution is 2.32. The third-order valence-corrected chi connectivity index (χ3v) is 5.18. The van der Waals surface area contributed by atoms with Crippen LogP contribution in [0, 0.1) is 0 Å². The van der Waals surface area contributed by atoms with E-state index in [9.17, 15) is 4.79 Å². The molecule has 0 aliphatic carbocycles. The lowest BCUT2D eigenvalue weighted by Crippen LogP contribution is -2.33. The maximum atomic E-state index is 13.1. The van der Waals surface area contributed by atoms with Crippen LogP contribution in [0.3, 0.4) is 0 Å². The van der Waals surface area contributed by atoms with Crippen molar-refractivity contribution in [2.45, 2.75) is 58.5 Å². The molecule has 1 amide bonds. The summed E-state index contributed by atoms with van der Waals surface area (Å²) >= 11 is 6.43. The largest absolute Gasteiger partial charge is 0.376 e. The lowest BCUT2D eigenvalue weighted by atomic mass is 9.98. The molecule has 146 valence electrons. The minimum absolute atomic E-state index is 0.0868. The molecular weight excluding hydrogens is 362 g/mol. The van der Waals surface area contributed by atoms with Gasteiger partial charge in [-0.2, -0.15) is 5.10 Å². The molecule has 1 aromatic heterocycles. The molecule has 0 radical (unpaired) electrons. The summed E-state index contributed by atoms with van der Waals surface area (Å²) in [5.74, 6) is 0.149. The van der Waals surface area contributed by atoms with Gasteiger partial charge in [0.2, 0.25) is 0 Å². The fraction of sp³-hybridized carbons (Fsp3) is 0.524. The molecule has 1 aliphatic rings. The topological polar surface area (TPSA) is 56.2 Å². The van der Waals surface area contributed by atoms with E-state index in [1.807, 2.05) is 28.9 Å². The number of hydrogen-bond donors (Lipinski definition) is 1. The summed E-state index contributed by atoms with van der Waals surface area (Å²) in [4.78, 5) is 13.1. The second kappa shape index (κ2) is 8.44. The predicted octanol–water partition coefficient (Wildman–Crippen LogP) is 4.68. The van der Waals surface area contributed by atoms with Gasteiger partial charge in [0, 0.05) is 13.2 Å². The summed E-state index contributed by atoms with van der Waals surface area (Å²) in [5, 5.41) is 8.48. The van der Waals surface area contributed by atoms with Crippen LogP contribution >= 0.6 is 11.6 Å². The summed E-state index contributed by atoms with van der Waals surface area (Å²) < 4.78 is 7.47. The number of halogens is 1. The molecule has 0 saturated carbocycles. The molecule has 1 aromatic carbocycles. The molecular formula is C21H28ClN3O2. The second-order valence-electron chi connectivity index (χ2n) is 7.66. The van der Waals surface area contributed by atoms with Crippen molar-refractivity contribution in [3.05, 3.63) is 46.2 Å². The Labute approximate surface area is 166 Å². The minimum Gasteiger partial charge on any atom is -0.376 e. The van der Waals surface area contributed by atoms with Gasteiger partial charge in [0.25, 0.3) is 5.91 Å². The van der Waals surface area contributed by atoms with Crippen molar-refractivity contribution in [1.29, 1.82) is 0 Å². The Morgan fingerprint density at radius 1 is 1.30 bits per heavy atom. The number of ether oxygens (including phenoxy) is 1. The fourth-order valence-corrected chi connectivity index (χ4v) is 3.74. The van der Waals surface area contributed by atoms with Gasteiger partial charge in [-0.25, -0.2) is 4.68 Å². The van der Waals surface area contributed by atoms with Gasteiger partial charge in [-0.1, -0.05) is 51.4 Å². The molecule has 2 heterocycles. The minimum atomic E-state index is -0.0868. The highest BCUT2D eigenvalue weighted by Gasteiger charge is 2.29. The van der Waals surface area contributed by atoms with E-state index in [-0.39, 0.29) is 23.8 Å². The van der Waals surface area contributed by atoms with Crippen LogP contribution in [0.4, 0.5) is 0 Å². The van der Waals surface area contributed by atoms with Gasteiger partial charge < -0.3 is 10.1 Å². The van der Waals surface area contributed by atoms with Crippen molar-refractivity contribution in [3.63, 3.8) is 0 Å². The van der Waals surface area contributed by atoms with Crippen LogP contribution in [0.5, 0.6) is 0 Å². The molecule has 27 heavy (non-hydrogen) atoms. The zero-order valence-electron chi connectivity index (χ0n) is 16.5. The van der Waals surface area contributed by atoms with Crippen molar-refractivity contribution < 1.29 is 9.53 Å². The van der Waals surface area contributed by atoms with Crippen LogP contribution < -0.4 is 5.32 Å². The normalized spacial score (nSPS) is 17.1. The van der Waals surface area contributed by atoms with E-state index in [0.29, 0.717) is 17.1 Å². The van der Waals surface area contributed by atoms with Gasteiger partial charge in [0.1, 0.15) is 0 Å². The molecule has 1 aliphatic heterocycles. The lowest BCUT2D eigenvalue weighted by molar-refractivity contribution is 0.0855. The van der Waals surface area contributed by atoms with E-state index in [1.54, 1.807) is 0 Å². The van der Waals surface area contributed by atoms with E-state index in [1.165, 1.54) is 0 Å². The molecule has 1 N–H and O–H groups in total. The Morgan fingerprint density at radius 2 is 2.04 bits per heavy atom. The monoisotopic (exact) mass is 389 g/mol. The van der Waals surface area contributed by atoms with Crippen LogP contribution in [0.2, 0.25) is 5.02 Å². The molecule has 5 nitrogen and oxygen atoms in total. The number of rotatable bonds is 6. The van der Waals surface area contributed by atoms with Crippen LogP contribution in [-0.4, -0.2) is 34.9 Å². The van der Waals surface area contributed by atoms with Crippen LogP contribution in [0.25, 0.3) is 5.69 Å². The standard InChI is InChI=1S/C21H28ClN3O2/c1-13(2)19-18(21(26)23-12-15-8-7-11-27-15)20(14(3)4)25(24-19)17-10-6-5-9-16(17)22/h5-6,9-10,13-15H,7-8,11-12H2,1-4H3,(H,23,26)/t15-/m0/s1. The summed E-state index contributed by atoms with van der Waals surface area (Å²) in [7, 11) is 0. The maximum absolute atomic E-state index is 13.1. The maximum Gasteiger partial charge on any atom is 0.255 e. The first-order valence-electron chi connectivity index (χ1n) is 9.67. The number of nitrogens with one attached hydrogen (secondary N) is 1. The SMILES string of the molecule is CC(C)c1nn(-c2ccccc2Cl)c(C(C)C)c1C(=O)NC[C@@H]1CCCO1. The van der Waals surface area contributed by atoms with Crippen LogP contribution in [0.15, 0.2) is 24.3 Å². The summed E-state index contributed by atoms with van der Waals surface area (Å²) in [6.07, 6.45) is 2.16. The molecule has 3 rings (SSSR count). The lowest BCUT2D eigenvalue weighted by Gasteiger charge is -2.15. The van der Waals surface area contributed by atoms with Crippen molar-refractivity contribution in [2.24, 2.45) is 0 Å². The van der Waals surface area contributed by atoms with Crippen molar-refractivity contribution in [2.75, 3.05) is 13.2 Å². The third-order valence-electron chi connectivity index (χ3n) is 4.86. The number of carbonyl (C=O) groups is 1. The zero-order chi connectivity index (χ0) is 19.6. The average molecular weight is 390 g/mol. The van der Waals surface area contributed by atoms with Gasteiger partial charge in [-0.15, -0.1) is 0 Å². The Hall–Kier alpha value is -1.85. The predicted molar refractivity (Wildman–Crippen MR) is 108 cm³/mol. The highest BCUT2D eigenvalue weighted by molar-refractivity contribution is 6.32. The Balaban J connectivity index is 2.03. The van der Waals surface area contributed by atoms with E-state index < -0.39 is 0 Å². The quantitative estimate of drug-likeness (QED) is 0.780. The third kappa shape index (κ3) is 4.19. The van der Waals surface area contributed by atoms with E-state index in [0.717, 1.165) is 36.5 Å². The molecule has 2 aromatic rings. The van der Waals surface area contributed by atoms with Gasteiger partial charge in [0.05, 0.1) is 33.8 Å².